The summed E-state index contributed by atoms with van der Waals surface area (Å²) in [4.78, 5) is 0. The van der Waals surface area contributed by atoms with Crippen molar-refractivity contribution >= 4 is 0 Å². The number of hydrogen-bond donors (Lipinski definition) is 0. The van der Waals surface area contributed by atoms with Gasteiger partial charge < -0.3 is 4.74 Å². The molecule has 1 unspecified atom stereocenters. The van der Waals surface area contributed by atoms with Gasteiger partial charge in [-0.2, -0.15) is 0 Å². The van der Waals surface area contributed by atoms with E-state index >= 15 is 0 Å². The van der Waals surface area contributed by atoms with Crippen molar-refractivity contribution in [2.24, 2.45) is 5.92 Å². The van der Waals surface area contributed by atoms with E-state index < -0.39 is 0 Å². The average Bonchev–Trinajstić information content (AvgIpc) is 1.90. The minimum Gasteiger partial charge on any atom is -0.381 e. The van der Waals surface area contributed by atoms with Gasteiger partial charge in [0.1, 0.15) is 0 Å². The van der Waals surface area contributed by atoms with E-state index in [9.17, 15) is 0 Å². The van der Waals surface area contributed by atoms with Crippen LogP contribution in [0, 0.1) is 12.3 Å². The molecule has 0 N–H and O–H groups in total. The molecule has 1 atom stereocenters. The van der Waals surface area contributed by atoms with Crippen molar-refractivity contribution in [1.29, 1.82) is 0 Å². The van der Waals surface area contributed by atoms with E-state index in [0.29, 0.717) is 5.92 Å². The maximum absolute atomic E-state index is 5.17. The van der Waals surface area contributed by atoms with Gasteiger partial charge in [-0.1, -0.05) is 6.08 Å². The summed E-state index contributed by atoms with van der Waals surface area (Å²) in [6.45, 7) is 5.40. The van der Waals surface area contributed by atoms with Gasteiger partial charge in [0, 0.05) is 12.5 Å². The molecule has 0 aromatic rings. The van der Waals surface area contributed by atoms with E-state index in [1.807, 2.05) is 6.08 Å². The van der Waals surface area contributed by atoms with Crippen LogP contribution in [0.15, 0.2) is 12.7 Å². The molecule has 0 bridgehead atoms. The largest absolute Gasteiger partial charge is 0.381 e. The maximum atomic E-state index is 5.17. The topological polar surface area (TPSA) is 9.23 Å². The molecule has 1 nitrogen and oxygen atoms in total. The van der Waals surface area contributed by atoms with E-state index in [2.05, 4.69) is 13.0 Å². The molecule has 1 aliphatic heterocycles. The highest BCUT2D eigenvalue weighted by Crippen LogP contribution is 2.11. The second-order valence-corrected chi connectivity index (χ2v) is 2.00. The van der Waals surface area contributed by atoms with Crippen LogP contribution in [0.1, 0.15) is 6.42 Å². The monoisotopic (exact) mass is 111 g/mol. The van der Waals surface area contributed by atoms with E-state index in [4.69, 9.17) is 4.74 Å². The van der Waals surface area contributed by atoms with Crippen LogP contribution in [0.5, 0.6) is 0 Å². The van der Waals surface area contributed by atoms with Crippen molar-refractivity contribution in [2.45, 2.75) is 6.42 Å². The summed E-state index contributed by atoms with van der Waals surface area (Å²) < 4.78 is 5.17. The Morgan fingerprint density at radius 1 is 1.75 bits per heavy atom. The van der Waals surface area contributed by atoms with Crippen LogP contribution in [0.2, 0.25) is 0 Å². The normalized spacial score (nSPS) is 29.8. The van der Waals surface area contributed by atoms with Gasteiger partial charge in [-0.3, -0.25) is 0 Å². The summed E-state index contributed by atoms with van der Waals surface area (Å²) in [6, 6.07) is 0. The first-order valence-electron chi connectivity index (χ1n) is 2.97. The quantitative estimate of drug-likeness (QED) is 0.465. The predicted molar refractivity (Wildman–Crippen MR) is 33.4 cm³/mol. The van der Waals surface area contributed by atoms with Crippen molar-refractivity contribution in [3.63, 3.8) is 0 Å². The molecule has 1 aliphatic rings. The Kier molecular flexibility index (Phi) is 2.10. The van der Waals surface area contributed by atoms with Crippen LogP contribution < -0.4 is 0 Å². The van der Waals surface area contributed by atoms with Gasteiger partial charge in [-0.25, -0.2) is 0 Å². The second kappa shape index (κ2) is 2.88. The van der Waals surface area contributed by atoms with Crippen LogP contribution >= 0.6 is 0 Å². The lowest BCUT2D eigenvalue weighted by Gasteiger charge is -2.17. The highest BCUT2D eigenvalue weighted by molar-refractivity contribution is 4.91. The van der Waals surface area contributed by atoms with Gasteiger partial charge in [-0.15, -0.1) is 6.58 Å². The fourth-order valence-corrected chi connectivity index (χ4v) is 0.817. The summed E-state index contributed by atoms with van der Waals surface area (Å²) in [6.07, 6.45) is 5.26. The van der Waals surface area contributed by atoms with Gasteiger partial charge in [-0.05, 0) is 12.8 Å². The van der Waals surface area contributed by atoms with Gasteiger partial charge >= 0.3 is 0 Å². The first-order chi connectivity index (χ1) is 3.93. The van der Waals surface area contributed by atoms with Crippen LogP contribution in [0.3, 0.4) is 0 Å². The lowest BCUT2D eigenvalue weighted by molar-refractivity contribution is 0.0955. The zero-order chi connectivity index (χ0) is 5.82. The fourth-order valence-electron chi connectivity index (χ4n) is 0.817. The van der Waals surface area contributed by atoms with Gasteiger partial charge in [0.15, 0.2) is 0 Å². The zero-order valence-electron chi connectivity index (χ0n) is 4.97. The Morgan fingerprint density at radius 2 is 2.62 bits per heavy atom. The lowest BCUT2D eigenvalue weighted by Crippen LogP contribution is -2.15. The summed E-state index contributed by atoms with van der Waals surface area (Å²) in [5.41, 5.74) is 0. The van der Waals surface area contributed by atoms with Crippen LogP contribution in [-0.4, -0.2) is 13.2 Å². The molecule has 45 valence electrons. The van der Waals surface area contributed by atoms with Crippen molar-refractivity contribution in [3.8, 4) is 0 Å². The van der Waals surface area contributed by atoms with Crippen molar-refractivity contribution < 1.29 is 4.74 Å². The van der Waals surface area contributed by atoms with E-state index in [1.54, 1.807) is 0 Å². The van der Waals surface area contributed by atoms with Crippen LogP contribution in [-0.2, 0) is 4.74 Å². The molecule has 0 aromatic heterocycles. The molecule has 0 aliphatic carbocycles. The standard InChI is InChI=1S/C7H11O/c1-2-7-4-3-5-8-6-7/h2,4,7H,1,3,5-6H2. The SMILES string of the molecule is C=CC1[CH]CCOC1. The summed E-state index contributed by atoms with van der Waals surface area (Å²) in [7, 11) is 0. The van der Waals surface area contributed by atoms with Crippen molar-refractivity contribution in [2.75, 3.05) is 13.2 Å². The second-order valence-electron chi connectivity index (χ2n) is 2.00. The molecule has 1 saturated heterocycles. The molecule has 1 fully saturated rings. The molecule has 8 heavy (non-hydrogen) atoms. The van der Waals surface area contributed by atoms with Crippen molar-refractivity contribution in [3.05, 3.63) is 19.1 Å². The number of hydrogen-bond acceptors (Lipinski definition) is 1. The van der Waals surface area contributed by atoms with Crippen molar-refractivity contribution in [1.82, 2.24) is 0 Å². The highest BCUT2D eigenvalue weighted by atomic mass is 16.5. The van der Waals surface area contributed by atoms with E-state index in [1.165, 1.54) is 0 Å². The van der Waals surface area contributed by atoms with E-state index in [0.717, 1.165) is 19.6 Å². The zero-order valence-corrected chi connectivity index (χ0v) is 4.97. The highest BCUT2D eigenvalue weighted by Gasteiger charge is 2.08. The molecule has 1 heterocycles. The molecule has 0 aromatic carbocycles. The first kappa shape index (κ1) is 5.83. The van der Waals surface area contributed by atoms with Gasteiger partial charge in [0.25, 0.3) is 0 Å². The third kappa shape index (κ3) is 1.34. The first-order valence-corrected chi connectivity index (χ1v) is 2.97. The number of ether oxygens (including phenoxy) is 1. The molecule has 1 rings (SSSR count). The van der Waals surface area contributed by atoms with Crippen LogP contribution in [0.4, 0.5) is 0 Å². The third-order valence-electron chi connectivity index (χ3n) is 1.34. The Hall–Kier alpha value is -0.300. The summed E-state index contributed by atoms with van der Waals surface area (Å²) in [5.74, 6) is 0.503. The molecular formula is C7H11O. The summed E-state index contributed by atoms with van der Waals surface area (Å²) >= 11 is 0. The molecule has 0 amide bonds. The molecule has 1 radical (unpaired) electrons. The number of rotatable bonds is 1. The Balaban J connectivity index is 2.22. The fraction of sp³-hybridized carbons (Fsp3) is 0.571. The molecule has 0 spiro atoms. The minimum absolute atomic E-state index is 0.503. The molecular weight excluding hydrogens is 100 g/mol. The molecule has 1 heteroatoms. The predicted octanol–water partition coefficient (Wildman–Crippen LogP) is 1.41. The Labute approximate surface area is 50.3 Å². The Bertz CT molecular complexity index is 72.5. The smallest absolute Gasteiger partial charge is 0.0531 e. The minimum atomic E-state index is 0.503. The summed E-state index contributed by atoms with van der Waals surface area (Å²) in [5, 5.41) is 0. The maximum Gasteiger partial charge on any atom is 0.0531 e. The molecule has 0 saturated carbocycles. The Morgan fingerprint density at radius 3 is 3.00 bits per heavy atom. The van der Waals surface area contributed by atoms with Crippen LogP contribution in [0.25, 0.3) is 0 Å². The van der Waals surface area contributed by atoms with Gasteiger partial charge in [0.2, 0.25) is 0 Å². The lowest BCUT2D eigenvalue weighted by atomic mass is 10.0. The van der Waals surface area contributed by atoms with E-state index in [-0.39, 0.29) is 0 Å². The third-order valence-corrected chi connectivity index (χ3v) is 1.34. The average molecular weight is 111 g/mol. The van der Waals surface area contributed by atoms with Gasteiger partial charge in [0.05, 0.1) is 6.61 Å².